The summed E-state index contributed by atoms with van der Waals surface area (Å²) in [5.74, 6) is 1.64. The molecule has 3 rings (SSSR count). The number of nitrogens with one attached hydrogen (secondary N) is 2. The third kappa shape index (κ3) is 5.03. The second kappa shape index (κ2) is 9.26. The van der Waals surface area contributed by atoms with Gasteiger partial charge in [-0.3, -0.25) is 5.10 Å². The van der Waals surface area contributed by atoms with Crippen molar-refractivity contribution in [2.75, 3.05) is 5.43 Å². The summed E-state index contributed by atoms with van der Waals surface area (Å²) in [5, 5.41) is 8.26. The van der Waals surface area contributed by atoms with E-state index in [0.29, 0.717) is 28.0 Å². The maximum absolute atomic E-state index is 6.19. The molecule has 0 radical (unpaired) electrons. The number of aromatic nitrogens is 3. The Morgan fingerprint density at radius 2 is 1.93 bits per heavy atom. The molecule has 8 heteroatoms. The number of aromatic amines is 1. The molecule has 0 aliphatic rings. The first-order chi connectivity index (χ1) is 13.1. The first-order valence-corrected chi connectivity index (χ1v) is 9.79. The molecule has 142 valence electrons. The summed E-state index contributed by atoms with van der Waals surface area (Å²) >= 11 is 17.7. The van der Waals surface area contributed by atoms with Crippen molar-refractivity contribution in [1.29, 1.82) is 0 Å². The SMILES string of the molecule is CCCc1n[nH]c(=S)n1NCc1cccc(OCc2c(Cl)cccc2Cl)c1. The molecule has 0 aliphatic heterocycles. The normalized spacial score (nSPS) is 10.8. The Labute approximate surface area is 173 Å². The summed E-state index contributed by atoms with van der Waals surface area (Å²) in [5.41, 5.74) is 5.14. The lowest BCUT2D eigenvalue weighted by atomic mass is 10.2. The van der Waals surface area contributed by atoms with Crippen molar-refractivity contribution >= 4 is 35.4 Å². The Morgan fingerprint density at radius 1 is 1.19 bits per heavy atom. The van der Waals surface area contributed by atoms with Gasteiger partial charge in [0.2, 0.25) is 4.77 Å². The van der Waals surface area contributed by atoms with Gasteiger partial charge in [0.15, 0.2) is 5.82 Å². The fraction of sp³-hybridized carbons (Fsp3) is 0.263. The summed E-state index contributed by atoms with van der Waals surface area (Å²) in [6.45, 7) is 3.01. The molecule has 5 nitrogen and oxygen atoms in total. The van der Waals surface area contributed by atoms with Crippen molar-refractivity contribution < 1.29 is 4.74 Å². The number of nitrogens with zero attached hydrogens (tertiary/aromatic N) is 2. The highest BCUT2D eigenvalue weighted by molar-refractivity contribution is 7.71. The zero-order chi connectivity index (χ0) is 19.2. The van der Waals surface area contributed by atoms with Gasteiger partial charge in [0.05, 0.1) is 6.54 Å². The Kier molecular flexibility index (Phi) is 6.77. The summed E-state index contributed by atoms with van der Waals surface area (Å²) in [6.07, 6.45) is 1.84. The van der Waals surface area contributed by atoms with Crippen LogP contribution in [-0.4, -0.2) is 14.9 Å². The topological polar surface area (TPSA) is 54.9 Å². The fourth-order valence-electron chi connectivity index (χ4n) is 2.63. The van der Waals surface area contributed by atoms with E-state index in [2.05, 4.69) is 22.5 Å². The second-order valence-electron chi connectivity index (χ2n) is 6.00. The maximum Gasteiger partial charge on any atom is 0.214 e. The van der Waals surface area contributed by atoms with Crippen LogP contribution in [0.5, 0.6) is 5.75 Å². The Balaban J connectivity index is 1.66. The van der Waals surface area contributed by atoms with E-state index in [1.165, 1.54) is 0 Å². The third-order valence-corrected chi connectivity index (χ3v) is 4.98. The smallest absolute Gasteiger partial charge is 0.214 e. The predicted octanol–water partition coefficient (Wildman–Crippen LogP) is 5.52. The van der Waals surface area contributed by atoms with E-state index >= 15 is 0 Å². The van der Waals surface area contributed by atoms with Gasteiger partial charge in [-0.15, -0.1) is 0 Å². The van der Waals surface area contributed by atoms with Gasteiger partial charge in [-0.05, 0) is 48.5 Å². The zero-order valence-corrected chi connectivity index (χ0v) is 17.2. The van der Waals surface area contributed by atoms with Crippen LogP contribution in [0.2, 0.25) is 10.0 Å². The number of ether oxygens (including phenoxy) is 1. The molecule has 0 saturated carbocycles. The molecule has 0 saturated heterocycles. The number of hydrogen-bond acceptors (Lipinski definition) is 4. The van der Waals surface area contributed by atoms with Crippen LogP contribution >= 0.6 is 35.4 Å². The number of hydrogen-bond donors (Lipinski definition) is 2. The van der Waals surface area contributed by atoms with Gasteiger partial charge in [0.1, 0.15) is 12.4 Å². The lowest BCUT2D eigenvalue weighted by Gasteiger charge is -2.12. The molecule has 1 aromatic heterocycles. The van der Waals surface area contributed by atoms with Crippen molar-refractivity contribution in [2.24, 2.45) is 0 Å². The Hall–Kier alpha value is -2.02. The average Bonchev–Trinajstić information content (AvgIpc) is 3.00. The van der Waals surface area contributed by atoms with Crippen molar-refractivity contribution in [1.82, 2.24) is 14.9 Å². The lowest BCUT2D eigenvalue weighted by Crippen LogP contribution is -2.17. The number of halogens is 2. The Bertz CT molecular complexity index is 950. The fourth-order valence-corrected chi connectivity index (χ4v) is 3.35. The second-order valence-corrected chi connectivity index (χ2v) is 7.20. The van der Waals surface area contributed by atoms with E-state index in [9.17, 15) is 0 Å². The monoisotopic (exact) mass is 422 g/mol. The van der Waals surface area contributed by atoms with Gasteiger partial charge in [-0.2, -0.15) is 5.10 Å². The molecular formula is C19H20Cl2N4OS. The van der Waals surface area contributed by atoms with E-state index in [0.717, 1.165) is 35.5 Å². The average molecular weight is 423 g/mol. The number of aryl methyl sites for hydroxylation is 1. The molecule has 2 N–H and O–H groups in total. The van der Waals surface area contributed by atoms with Crippen LogP contribution in [0.3, 0.4) is 0 Å². The highest BCUT2D eigenvalue weighted by Crippen LogP contribution is 2.26. The summed E-state index contributed by atoms with van der Waals surface area (Å²) < 4.78 is 8.25. The first kappa shape index (κ1) is 19.7. The molecular weight excluding hydrogens is 403 g/mol. The van der Waals surface area contributed by atoms with E-state index in [4.69, 9.17) is 40.2 Å². The largest absolute Gasteiger partial charge is 0.489 e. The predicted molar refractivity (Wildman–Crippen MR) is 112 cm³/mol. The van der Waals surface area contributed by atoms with E-state index in [-0.39, 0.29) is 0 Å². The van der Waals surface area contributed by atoms with Crippen molar-refractivity contribution in [2.45, 2.75) is 32.9 Å². The van der Waals surface area contributed by atoms with Gasteiger partial charge in [0, 0.05) is 22.0 Å². The minimum atomic E-state index is 0.308. The van der Waals surface area contributed by atoms with Crippen LogP contribution in [0.4, 0.5) is 0 Å². The maximum atomic E-state index is 6.19. The van der Waals surface area contributed by atoms with Crippen molar-refractivity contribution in [3.8, 4) is 5.75 Å². The summed E-state index contributed by atoms with van der Waals surface area (Å²) in [7, 11) is 0. The van der Waals surface area contributed by atoms with Crippen molar-refractivity contribution in [3.63, 3.8) is 0 Å². The molecule has 0 atom stereocenters. The number of benzene rings is 2. The molecule has 0 spiro atoms. The number of H-pyrrole nitrogens is 1. The van der Waals surface area contributed by atoms with Crippen LogP contribution in [-0.2, 0) is 19.6 Å². The molecule has 0 fully saturated rings. The van der Waals surface area contributed by atoms with Crippen molar-refractivity contribution in [3.05, 3.63) is 74.2 Å². The van der Waals surface area contributed by atoms with Gasteiger partial charge in [-0.1, -0.05) is 48.3 Å². The van der Waals surface area contributed by atoms with Crippen LogP contribution in [0.15, 0.2) is 42.5 Å². The van der Waals surface area contributed by atoms with Gasteiger partial charge >= 0.3 is 0 Å². The molecule has 1 heterocycles. The number of rotatable bonds is 8. The Morgan fingerprint density at radius 3 is 2.67 bits per heavy atom. The van der Waals surface area contributed by atoms with Gasteiger partial charge in [0.25, 0.3) is 0 Å². The van der Waals surface area contributed by atoms with Gasteiger partial charge in [-0.25, -0.2) is 4.68 Å². The van der Waals surface area contributed by atoms with Crippen LogP contribution in [0, 0.1) is 4.77 Å². The summed E-state index contributed by atoms with van der Waals surface area (Å²) in [4.78, 5) is 0. The quantitative estimate of drug-likeness (QED) is 0.469. The lowest BCUT2D eigenvalue weighted by molar-refractivity contribution is 0.306. The van der Waals surface area contributed by atoms with E-state index in [1.54, 1.807) is 12.1 Å². The zero-order valence-electron chi connectivity index (χ0n) is 14.8. The molecule has 2 aromatic carbocycles. The van der Waals surface area contributed by atoms with Crippen LogP contribution in [0.1, 0.15) is 30.3 Å². The molecule has 0 amide bonds. The minimum absolute atomic E-state index is 0.308. The van der Waals surface area contributed by atoms with Crippen LogP contribution in [0.25, 0.3) is 0 Å². The molecule has 0 aliphatic carbocycles. The standard InChI is InChI=1S/C19H20Cl2N4OS/c1-2-5-18-23-24-19(27)25(18)22-11-13-6-3-7-14(10-13)26-12-15-16(20)8-4-9-17(15)21/h3-4,6-10,22H,2,5,11-12H2,1H3,(H,24,27). The molecule has 27 heavy (non-hydrogen) atoms. The van der Waals surface area contributed by atoms with E-state index in [1.807, 2.05) is 35.0 Å². The highest BCUT2D eigenvalue weighted by Gasteiger charge is 2.08. The summed E-state index contributed by atoms with van der Waals surface area (Å²) in [6, 6.07) is 13.3. The third-order valence-electron chi connectivity index (χ3n) is 4.00. The van der Waals surface area contributed by atoms with E-state index < -0.39 is 0 Å². The highest BCUT2D eigenvalue weighted by atomic mass is 35.5. The van der Waals surface area contributed by atoms with Crippen LogP contribution < -0.4 is 10.2 Å². The first-order valence-electron chi connectivity index (χ1n) is 8.63. The molecule has 0 unspecified atom stereocenters. The van der Waals surface area contributed by atoms with Gasteiger partial charge < -0.3 is 10.2 Å². The minimum Gasteiger partial charge on any atom is -0.489 e. The molecule has 0 bridgehead atoms. The molecule has 3 aromatic rings.